The van der Waals surface area contributed by atoms with Crippen molar-refractivity contribution in [2.24, 2.45) is 0 Å². The number of nitrogens with one attached hydrogen (secondary N) is 1. The zero-order valence-electron chi connectivity index (χ0n) is 14.5. The van der Waals surface area contributed by atoms with Gasteiger partial charge in [-0.1, -0.05) is 23.7 Å². The van der Waals surface area contributed by atoms with Crippen LogP contribution in [0.1, 0.15) is 10.4 Å². The number of carbonyl (C=O) groups is 1. The third kappa shape index (κ3) is 4.24. The summed E-state index contributed by atoms with van der Waals surface area (Å²) in [5, 5.41) is 10.8. The van der Waals surface area contributed by atoms with Crippen LogP contribution in [0, 0.1) is 10.1 Å². The second-order valence-electron chi connectivity index (χ2n) is 5.93. The molecule has 9 nitrogen and oxygen atoms in total. The van der Waals surface area contributed by atoms with E-state index in [1.54, 1.807) is 17.0 Å². The Balaban J connectivity index is 1.92. The van der Waals surface area contributed by atoms with E-state index in [2.05, 4.69) is 4.72 Å². The van der Waals surface area contributed by atoms with E-state index in [9.17, 15) is 23.3 Å². The molecule has 0 radical (unpaired) electrons. The smallest absolute Gasteiger partial charge is 0.289 e. The Kier molecular flexibility index (Phi) is 5.82. The van der Waals surface area contributed by atoms with Gasteiger partial charge >= 0.3 is 0 Å². The summed E-state index contributed by atoms with van der Waals surface area (Å²) < 4.78 is 33.0. The lowest BCUT2D eigenvalue weighted by Crippen LogP contribution is -2.41. The molecule has 1 amide bonds. The van der Waals surface area contributed by atoms with Gasteiger partial charge in [-0.3, -0.25) is 19.6 Å². The first-order valence-electron chi connectivity index (χ1n) is 8.22. The van der Waals surface area contributed by atoms with E-state index >= 15 is 0 Å². The summed E-state index contributed by atoms with van der Waals surface area (Å²) in [6.07, 6.45) is 0. The average molecular weight is 426 g/mol. The van der Waals surface area contributed by atoms with Gasteiger partial charge in [0.1, 0.15) is 5.02 Å². The number of nitrogens with zero attached hydrogens (tertiary/aromatic N) is 2. The molecule has 3 rings (SSSR count). The van der Waals surface area contributed by atoms with Crippen molar-refractivity contribution in [3.63, 3.8) is 0 Å². The third-order valence-corrected chi connectivity index (χ3v) is 5.81. The average Bonchev–Trinajstić information content (AvgIpc) is 2.68. The molecule has 0 atom stereocenters. The van der Waals surface area contributed by atoms with Gasteiger partial charge in [-0.25, -0.2) is 8.42 Å². The number of hydrogen-bond acceptors (Lipinski definition) is 6. The molecular weight excluding hydrogens is 410 g/mol. The molecule has 1 aliphatic heterocycles. The minimum absolute atomic E-state index is 0.0802. The van der Waals surface area contributed by atoms with Crippen molar-refractivity contribution in [3.8, 4) is 0 Å². The summed E-state index contributed by atoms with van der Waals surface area (Å²) in [5.41, 5.74) is -0.268. The molecule has 0 aliphatic carbocycles. The van der Waals surface area contributed by atoms with Crippen molar-refractivity contribution in [3.05, 3.63) is 63.2 Å². The van der Waals surface area contributed by atoms with E-state index < -0.39 is 20.6 Å². The minimum Gasteiger partial charge on any atom is -0.378 e. The largest absolute Gasteiger partial charge is 0.378 e. The molecule has 0 spiro atoms. The number of morpholine rings is 1. The zero-order valence-corrected chi connectivity index (χ0v) is 16.1. The van der Waals surface area contributed by atoms with Crippen molar-refractivity contribution in [1.82, 2.24) is 4.90 Å². The number of para-hydroxylation sites is 1. The van der Waals surface area contributed by atoms with E-state index in [0.29, 0.717) is 26.3 Å². The Morgan fingerprint density at radius 1 is 1.18 bits per heavy atom. The van der Waals surface area contributed by atoms with Crippen LogP contribution in [0.4, 0.5) is 11.4 Å². The number of sulfonamides is 1. The van der Waals surface area contributed by atoms with Crippen LogP contribution < -0.4 is 4.72 Å². The molecule has 148 valence electrons. The number of anilines is 1. The third-order valence-electron chi connectivity index (χ3n) is 4.12. The Labute approximate surface area is 166 Å². The molecule has 1 N–H and O–H groups in total. The summed E-state index contributed by atoms with van der Waals surface area (Å²) in [7, 11) is -4.18. The SMILES string of the molecule is O=C(c1ccccc1NS(=O)(=O)c1ccc(Cl)c([N+](=O)[O-])c1)N1CCOCC1. The normalized spacial score (nSPS) is 14.5. The van der Waals surface area contributed by atoms with E-state index in [-0.39, 0.29) is 27.1 Å². The summed E-state index contributed by atoms with van der Waals surface area (Å²) in [4.78, 5) is 24.3. The van der Waals surface area contributed by atoms with Gasteiger partial charge < -0.3 is 9.64 Å². The molecule has 28 heavy (non-hydrogen) atoms. The Hall–Kier alpha value is -2.69. The van der Waals surface area contributed by atoms with Gasteiger partial charge in [-0.05, 0) is 24.3 Å². The highest BCUT2D eigenvalue weighted by Gasteiger charge is 2.25. The number of hydrogen-bond donors (Lipinski definition) is 1. The quantitative estimate of drug-likeness (QED) is 0.580. The van der Waals surface area contributed by atoms with Crippen molar-refractivity contribution in [1.29, 1.82) is 0 Å². The Morgan fingerprint density at radius 3 is 2.54 bits per heavy atom. The van der Waals surface area contributed by atoms with Crippen LogP contribution in [0.5, 0.6) is 0 Å². The maximum absolute atomic E-state index is 12.8. The van der Waals surface area contributed by atoms with Crippen LogP contribution in [-0.4, -0.2) is 50.5 Å². The molecule has 11 heteroatoms. The molecule has 1 fully saturated rings. The molecular formula is C17H16ClN3O6S. The fourth-order valence-corrected chi connectivity index (χ4v) is 3.98. The second kappa shape index (κ2) is 8.13. The van der Waals surface area contributed by atoms with Crippen LogP contribution in [0.15, 0.2) is 47.4 Å². The van der Waals surface area contributed by atoms with E-state index in [0.717, 1.165) is 18.2 Å². The molecule has 1 saturated heterocycles. The first kappa shape index (κ1) is 20.1. The maximum Gasteiger partial charge on any atom is 0.289 e. The van der Waals surface area contributed by atoms with Crippen molar-refractivity contribution in [2.45, 2.75) is 4.90 Å². The number of carbonyl (C=O) groups excluding carboxylic acids is 1. The molecule has 1 heterocycles. The predicted octanol–water partition coefficient (Wildman–Crippen LogP) is 2.52. The monoisotopic (exact) mass is 425 g/mol. The Morgan fingerprint density at radius 2 is 1.86 bits per heavy atom. The van der Waals surface area contributed by atoms with Gasteiger partial charge in [0.2, 0.25) is 0 Å². The van der Waals surface area contributed by atoms with Gasteiger partial charge in [0.15, 0.2) is 0 Å². The molecule has 0 aromatic heterocycles. The highest BCUT2D eigenvalue weighted by atomic mass is 35.5. The maximum atomic E-state index is 12.8. The van der Waals surface area contributed by atoms with Crippen molar-refractivity contribution < 1.29 is 22.9 Å². The van der Waals surface area contributed by atoms with Gasteiger partial charge in [0.25, 0.3) is 21.6 Å². The first-order chi connectivity index (χ1) is 13.3. The standard InChI is InChI=1S/C17H16ClN3O6S/c18-14-6-5-12(11-16(14)21(23)24)28(25,26)19-15-4-2-1-3-13(15)17(22)20-7-9-27-10-8-20/h1-6,11,19H,7-10H2. The van der Waals surface area contributed by atoms with Crippen LogP contribution in [-0.2, 0) is 14.8 Å². The van der Waals surface area contributed by atoms with E-state index in [1.165, 1.54) is 12.1 Å². The lowest BCUT2D eigenvalue weighted by atomic mass is 10.1. The number of ether oxygens (including phenoxy) is 1. The molecule has 0 unspecified atom stereocenters. The zero-order chi connectivity index (χ0) is 20.3. The van der Waals surface area contributed by atoms with E-state index in [1.807, 2.05) is 0 Å². The number of nitro benzene ring substituents is 1. The molecule has 2 aromatic rings. The molecule has 0 bridgehead atoms. The number of amides is 1. The summed E-state index contributed by atoms with van der Waals surface area (Å²) in [6, 6.07) is 9.34. The van der Waals surface area contributed by atoms with Crippen LogP contribution in [0.25, 0.3) is 0 Å². The first-order valence-corrected chi connectivity index (χ1v) is 10.1. The molecule has 1 aliphatic rings. The van der Waals surface area contributed by atoms with Gasteiger partial charge in [-0.2, -0.15) is 0 Å². The molecule has 2 aromatic carbocycles. The number of nitro groups is 1. The number of rotatable bonds is 5. The summed E-state index contributed by atoms with van der Waals surface area (Å²) in [5.74, 6) is -0.330. The highest BCUT2D eigenvalue weighted by Crippen LogP contribution is 2.29. The highest BCUT2D eigenvalue weighted by molar-refractivity contribution is 7.92. The predicted molar refractivity (Wildman–Crippen MR) is 102 cm³/mol. The summed E-state index contributed by atoms with van der Waals surface area (Å²) >= 11 is 5.74. The van der Waals surface area contributed by atoms with Crippen LogP contribution in [0.3, 0.4) is 0 Å². The number of benzene rings is 2. The topological polar surface area (TPSA) is 119 Å². The molecule has 0 saturated carbocycles. The van der Waals surface area contributed by atoms with E-state index in [4.69, 9.17) is 16.3 Å². The minimum atomic E-state index is -4.18. The number of halogens is 1. The fraction of sp³-hybridized carbons (Fsp3) is 0.235. The van der Waals surface area contributed by atoms with Gasteiger partial charge in [0.05, 0.1) is 34.3 Å². The van der Waals surface area contributed by atoms with Gasteiger partial charge in [-0.15, -0.1) is 0 Å². The Bertz CT molecular complexity index is 1020. The van der Waals surface area contributed by atoms with Gasteiger partial charge in [0, 0.05) is 19.2 Å². The fourth-order valence-electron chi connectivity index (χ4n) is 2.70. The summed E-state index contributed by atoms with van der Waals surface area (Å²) in [6.45, 7) is 1.63. The lowest BCUT2D eigenvalue weighted by Gasteiger charge is -2.27. The van der Waals surface area contributed by atoms with Crippen molar-refractivity contribution >= 4 is 38.9 Å². The van der Waals surface area contributed by atoms with Crippen LogP contribution >= 0.6 is 11.6 Å². The lowest BCUT2D eigenvalue weighted by molar-refractivity contribution is -0.384. The second-order valence-corrected chi connectivity index (χ2v) is 8.02. The van der Waals surface area contributed by atoms with Crippen LogP contribution in [0.2, 0.25) is 5.02 Å². The van der Waals surface area contributed by atoms with Crippen molar-refractivity contribution in [2.75, 3.05) is 31.0 Å².